The normalized spacial score (nSPS) is 10.8. The largest absolute Gasteiger partial charge is 0.507 e. The van der Waals surface area contributed by atoms with Crippen LogP contribution in [0.25, 0.3) is 11.3 Å². The summed E-state index contributed by atoms with van der Waals surface area (Å²) in [5, 5.41) is 18.7. The predicted molar refractivity (Wildman–Crippen MR) is 122 cm³/mol. The third-order valence-electron chi connectivity index (χ3n) is 4.85. The van der Waals surface area contributed by atoms with Crippen LogP contribution in [-0.2, 0) is 6.61 Å². The zero-order valence-corrected chi connectivity index (χ0v) is 18.5. The average Bonchev–Trinajstić information content (AvgIpc) is 3.18. The highest BCUT2D eigenvalue weighted by atomic mass is 35.5. The lowest BCUT2D eigenvalue weighted by Gasteiger charge is -2.12. The summed E-state index contributed by atoms with van der Waals surface area (Å²) in [5.74, 6) is 1.76. The fraction of sp³-hybridized carbons (Fsp3) is 0.125. The van der Waals surface area contributed by atoms with Crippen LogP contribution in [-0.4, -0.2) is 15.3 Å². The van der Waals surface area contributed by atoms with E-state index >= 15 is 0 Å². The number of ether oxygens (including phenoxy) is 2. The van der Waals surface area contributed by atoms with Gasteiger partial charge in [0, 0.05) is 27.2 Å². The molecule has 0 radical (unpaired) electrons. The minimum atomic E-state index is 0.0258. The Morgan fingerprint density at radius 2 is 1.74 bits per heavy atom. The van der Waals surface area contributed by atoms with Crippen LogP contribution in [0.1, 0.15) is 16.7 Å². The Morgan fingerprint density at radius 3 is 2.48 bits per heavy atom. The molecule has 0 saturated heterocycles. The van der Waals surface area contributed by atoms with Gasteiger partial charge in [-0.25, -0.2) is 0 Å². The molecule has 1 aromatic heterocycles. The number of rotatable bonds is 6. The topological polar surface area (TPSA) is 67.4 Å². The van der Waals surface area contributed by atoms with Gasteiger partial charge in [0.05, 0.1) is 6.20 Å². The minimum Gasteiger partial charge on any atom is -0.507 e. The SMILES string of the molecule is Cc1ccc(C)c(Oc2cn[nH]c2-c2ccc(OCc3c(Cl)cccc3Cl)cc2O)c1. The number of aromatic nitrogens is 2. The molecule has 0 fully saturated rings. The summed E-state index contributed by atoms with van der Waals surface area (Å²) in [6, 6.07) is 16.3. The number of halogens is 2. The van der Waals surface area contributed by atoms with Crippen molar-refractivity contribution in [3.05, 3.63) is 87.5 Å². The van der Waals surface area contributed by atoms with Gasteiger partial charge in [-0.15, -0.1) is 0 Å². The molecule has 0 unspecified atom stereocenters. The molecule has 3 aromatic carbocycles. The van der Waals surface area contributed by atoms with Crippen molar-refractivity contribution >= 4 is 23.2 Å². The van der Waals surface area contributed by atoms with Crippen LogP contribution in [0.3, 0.4) is 0 Å². The number of hydrogen-bond donors (Lipinski definition) is 2. The smallest absolute Gasteiger partial charge is 0.173 e. The summed E-state index contributed by atoms with van der Waals surface area (Å²) in [6.45, 7) is 4.16. The summed E-state index contributed by atoms with van der Waals surface area (Å²) in [4.78, 5) is 0. The lowest BCUT2D eigenvalue weighted by atomic mass is 10.1. The van der Waals surface area contributed by atoms with Crippen molar-refractivity contribution < 1.29 is 14.6 Å². The standard InChI is InChI=1S/C24H20Cl2N2O3/c1-14-6-7-15(2)22(10-14)31-23-12-27-28-24(23)17-9-8-16(11-21(17)29)30-13-18-19(25)4-3-5-20(18)26/h3-12,29H,13H2,1-2H3,(H,27,28). The second-order valence-corrected chi connectivity index (χ2v) is 7.96. The number of nitrogens with zero attached hydrogens (tertiary/aromatic N) is 1. The molecular weight excluding hydrogens is 435 g/mol. The highest BCUT2D eigenvalue weighted by Crippen LogP contribution is 2.39. The molecular formula is C24H20Cl2N2O3. The first kappa shape index (κ1) is 21.1. The maximum absolute atomic E-state index is 10.6. The maximum Gasteiger partial charge on any atom is 0.173 e. The van der Waals surface area contributed by atoms with Crippen molar-refractivity contribution in [3.63, 3.8) is 0 Å². The van der Waals surface area contributed by atoms with Crippen LogP contribution in [0, 0.1) is 13.8 Å². The van der Waals surface area contributed by atoms with E-state index in [2.05, 4.69) is 10.2 Å². The molecule has 4 aromatic rings. The number of aryl methyl sites for hydroxylation is 2. The van der Waals surface area contributed by atoms with Crippen molar-refractivity contribution in [2.24, 2.45) is 0 Å². The Labute approximate surface area is 190 Å². The summed E-state index contributed by atoms with van der Waals surface area (Å²) in [6.07, 6.45) is 1.58. The second kappa shape index (κ2) is 8.92. The molecule has 0 bridgehead atoms. The second-order valence-electron chi connectivity index (χ2n) is 7.15. The molecule has 4 rings (SSSR count). The number of aromatic amines is 1. The summed E-state index contributed by atoms with van der Waals surface area (Å²) >= 11 is 12.4. The van der Waals surface area contributed by atoms with E-state index in [0.29, 0.717) is 38.4 Å². The van der Waals surface area contributed by atoms with Crippen LogP contribution in [0.4, 0.5) is 0 Å². The van der Waals surface area contributed by atoms with Crippen LogP contribution < -0.4 is 9.47 Å². The molecule has 158 valence electrons. The zero-order chi connectivity index (χ0) is 22.0. The highest BCUT2D eigenvalue weighted by molar-refractivity contribution is 6.35. The molecule has 0 aliphatic rings. The molecule has 0 spiro atoms. The van der Waals surface area contributed by atoms with Crippen LogP contribution in [0.15, 0.2) is 60.8 Å². The monoisotopic (exact) mass is 454 g/mol. The van der Waals surface area contributed by atoms with Crippen molar-refractivity contribution in [1.82, 2.24) is 10.2 Å². The van der Waals surface area contributed by atoms with Gasteiger partial charge in [-0.2, -0.15) is 5.10 Å². The molecule has 31 heavy (non-hydrogen) atoms. The number of hydrogen-bond acceptors (Lipinski definition) is 4. The number of aromatic hydroxyl groups is 1. The van der Waals surface area contributed by atoms with Crippen molar-refractivity contribution in [1.29, 1.82) is 0 Å². The van der Waals surface area contributed by atoms with E-state index in [9.17, 15) is 5.11 Å². The highest BCUT2D eigenvalue weighted by Gasteiger charge is 2.16. The van der Waals surface area contributed by atoms with Crippen molar-refractivity contribution in [2.45, 2.75) is 20.5 Å². The first-order valence-electron chi connectivity index (χ1n) is 9.60. The summed E-state index contributed by atoms with van der Waals surface area (Å²) < 4.78 is 11.8. The van der Waals surface area contributed by atoms with E-state index in [1.54, 1.807) is 36.5 Å². The molecule has 0 atom stereocenters. The van der Waals surface area contributed by atoms with E-state index in [1.165, 1.54) is 6.07 Å². The molecule has 0 aliphatic heterocycles. The third kappa shape index (κ3) is 4.63. The fourth-order valence-corrected chi connectivity index (χ4v) is 3.63. The quantitative estimate of drug-likeness (QED) is 0.326. The molecule has 5 nitrogen and oxygen atoms in total. The van der Waals surface area contributed by atoms with Crippen molar-refractivity contribution in [2.75, 3.05) is 0 Å². The number of nitrogens with one attached hydrogen (secondary N) is 1. The Bertz CT molecular complexity index is 1220. The Kier molecular flexibility index (Phi) is 6.07. The zero-order valence-electron chi connectivity index (χ0n) is 16.9. The van der Waals surface area contributed by atoms with E-state index < -0.39 is 0 Å². The van der Waals surface area contributed by atoms with Gasteiger partial charge in [0.25, 0.3) is 0 Å². The van der Waals surface area contributed by atoms with Crippen LogP contribution in [0.2, 0.25) is 10.0 Å². The molecule has 7 heteroatoms. The van der Waals surface area contributed by atoms with Gasteiger partial charge in [0.2, 0.25) is 0 Å². The van der Waals surface area contributed by atoms with E-state index in [-0.39, 0.29) is 12.4 Å². The Morgan fingerprint density at radius 1 is 0.968 bits per heavy atom. The van der Waals surface area contributed by atoms with Gasteiger partial charge in [0.15, 0.2) is 5.75 Å². The number of H-pyrrole nitrogens is 1. The first-order chi connectivity index (χ1) is 14.9. The van der Waals surface area contributed by atoms with Gasteiger partial charge < -0.3 is 14.6 Å². The lowest BCUT2D eigenvalue weighted by Crippen LogP contribution is -1.97. The van der Waals surface area contributed by atoms with E-state index in [4.69, 9.17) is 32.7 Å². The average molecular weight is 455 g/mol. The Balaban J connectivity index is 1.55. The van der Waals surface area contributed by atoms with Gasteiger partial charge in [0.1, 0.15) is 29.5 Å². The number of phenols is 1. The van der Waals surface area contributed by atoms with Gasteiger partial charge in [-0.05, 0) is 55.3 Å². The molecule has 0 saturated carbocycles. The lowest BCUT2D eigenvalue weighted by molar-refractivity contribution is 0.304. The molecule has 1 heterocycles. The van der Waals surface area contributed by atoms with Crippen LogP contribution >= 0.6 is 23.2 Å². The Hall–Kier alpha value is -3.15. The minimum absolute atomic E-state index is 0.0258. The maximum atomic E-state index is 10.6. The molecule has 0 amide bonds. The summed E-state index contributed by atoms with van der Waals surface area (Å²) in [7, 11) is 0. The number of phenolic OH excluding ortho intramolecular Hbond substituents is 1. The number of benzene rings is 3. The van der Waals surface area contributed by atoms with Gasteiger partial charge in [-0.1, -0.05) is 41.4 Å². The van der Waals surface area contributed by atoms with Crippen molar-refractivity contribution in [3.8, 4) is 34.3 Å². The molecule has 2 N–H and O–H groups in total. The van der Waals surface area contributed by atoms with Crippen LogP contribution in [0.5, 0.6) is 23.0 Å². The first-order valence-corrected chi connectivity index (χ1v) is 10.4. The molecule has 0 aliphatic carbocycles. The van der Waals surface area contributed by atoms with E-state index in [1.807, 2.05) is 32.0 Å². The summed E-state index contributed by atoms with van der Waals surface area (Å²) in [5.41, 5.74) is 3.89. The predicted octanol–water partition coefficient (Wildman–Crippen LogP) is 7.08. The third-order valence-corrected chi connectivity index (χ3v) is 5.56. The fourth-order valence-electron chi connectivity index (χ4n) is 3.12. The van der Waals surface area contributed by atoms with Gasteiger partial charge >= 0.3 is 0 Å². The van der Waals surface area contributed by atoms with E-state index in [0.717, 1.165) is 16.9 Å². The van der Waals surface area contributed by atoms with Gasteiger partial charge in [-0.3, -0.25) is 5.10 Å².